The average molecular weight is 475 g/mol. The molecule has 150 valence electrons. The molecule has 9 heteroatoms. The smallest absolute Gasteiger partial charge is 0.264 e. The Morgan fingerprint density at radius 1 is 1.21 bits per heavy atom. The molecule has 2 aliphatic rings. The van der Waals surface area contributed by atoms with Crippen LogP contribution in [0.2, 0.25) is 0 Å². The van der Waals surface area contributed by atoms with Crippen molar-refractivity contribution >= 4 is 33.6 Å². The van der Waals surface area contributed by atoms with E-state index in [1.807, 2.05) is 12.1 Å². The maximum Gasteiger partial charge on any atom is 0.264 e. The Bertz CT molecular complexity index is 1010. The molecule has 0 amide bonds. The van der Waals surface area contributed by atoms with E-state index in [0.717, 1.165) is 23.1 Å². The van der Waals surface area contributed by atoms with Crippen LogP contribution >= 0.6 is 27.7 Å². The van der Waals surface area contributed by atoms with Gasteiger partial charge in [0.05, 0.1) is 18.4 Å². The molecule has 29 heavy (non-hydrogen) atoms. The number of aliphatic hydroxyl groups excluding tert-OH is 1. The first kappa shape index (κ1) is 19.0. The van der Waals surface area contributed by atoms with Crippen molar-refractivity contribution in [3.8, 4) is 11.6 Å². The van der Waals surface area contributed by atoms with E-state index in [1.165, 1.54) is 16.4 Å². The van der Waals surface area contributed by atoms with Crippen LogP contribution < -0.4 is 0 Å². The number of carbonyl (C=O) groups excluding carboxylic acids is 1. The molecule has 2 atom stereocenters. The summed E-state index contributed by atoms with van der Waals surface area (Å²) in [4.78, 5) is 20.1. The Morgan fingerprint density at radius 2 is 1.97 bits per heavy atom. The maximum absolute atomic E-state index is 13.3. The number of piperidine rings is 1. The molecule has 1 aromatic carbocycles. The average Bonchev–Trinajstić information content (AvgIpc) is 3.44. The Kier molecular flexibility index (Phi) is 5.07. The molecule has 0 bridgehead atoms. The first-order valence-electron chi connectivity index (χ1n) is 9.49. The van der Waals surface area contributed by atoms with Crippen LogP contribution in [-0.2, 0) is 0 Å². The van der Waals surface area contributed by atoms with Gasteiger partial charge in [-0.2, -0.15) is 9.67 Å². The molecule has 1 saturated heterocycles. The molecular formula is C20H19BrN4O3S. The second kappa shape index (κ2) is 7.71. The van der Waals surface area contributed by atoms with E-state index in [2.05, 4.69) is 43.0 Å². The van der Waals surface area contributed by atoms with Gasteiger partial charge in [-0.15, -0.1) is 5.10 Å². The Morgan fingerprint density at radius 3 is 2.62 bits per heavy atom. The second-order valence-electron chi connectivity index (χ2n) is 7.25. The van der Waals surface area contributed by atoms with Gasteiger partial charge < -0.3 is 9.52 Å². The molecule has 7 nitrogen and oxygen atoms in total. The number of likely N-dealkylation sites (tertiary alicyclic amines) is 1. The van der Waals surface area contributed by atoms with Gasteiger partial charge in [-0.1, -0.05) is 39.8 Å². The Labute approximate surface area is 180 Å². The lowest BCUT2D eigenvalue weighted by Crippen LogP contribution is -2.44. The van der Waals surface area contributed by atoms with Crippen molar-refractivity contribution in [3.63, 3.8) is 0 Å². The van der Waals surface area contributed by atoms with Crippen LogP contribution in [0.15, 0.2) is 56.7 Å². The van der Waals surface area contributed by atoms with Crippen molar-refractivity contribution in [2.45, 2.75) is 35.4 Å². The van der Waals surface area contributed by atoms with Crippen molar-refractivity contribution in [1.82, 2.24) is 19.7 Å². The van der Waals surface area contributed by atoms with Crippen LogP contribution in [0.3, 0.4) is 0 Å². The molecule has 2 unspecified atom stereocenters. The minimum Gasteiger partial charge on any atom is -0.461 e. The van der Waals surface area contributed by atoms with E-state index in [-0.39, 0.29) is 23.3 Å². The highest BCUT2D eigenvalue weighted by molar-refractivity contribution is 9.10. The van der Waals surface area contributed by atoms with Crippen LogP contribution in [0.5, 0.6) is 0 Å². The standard InChI is InChI=1S/C20H19BrN4O3S/c21-13-5-3-12(4-6-13)16(24-9-7-14(26)8-10-24)17-19(27)25-20(29-17)22-18(23-25)15-2-1-11-28-15/h1-6,11,14,16-17,26H,7-10H2. The summed E-state index contributed by atoms with van der Waals surface area (Å²) in [5, 5.41) is 14.6. The van der Waals surface area contributed by atoms with Gasteiger partial charge in [0.15, 0.2) is 10.9 Å². The van der Waals surface area contributed by atoms with E-state index >= 15 is 0 Å². The number of hydrogen-bond acceptors (Lipinski definition) is 7. The lowest BCUT2D eigenvalue weighted by atomic mass is 9.97. The predicted octanol–water partition coefficient (Wildman–Crippen LogP) is 3.61. The van der Waals surface area contributed by atoms with E-state index in [1.54, 1.807) is 18.4 Å². The number of fused-ring (bicyclic) bond motifs is 1. The summed E-state index contributed by atoms with van der Waals surface area (Å²) in [6, 6.07) is 11.5. The zero-order chi connectivity index (χ0) is 20.0. The highest BCUT2D eigenvalue weighted by Gasteiger charge is 2.43. The number of aliphatic hydroxyl groups is 1. The number of aromatic nitrogens is 3. The third kappa shape index (κ3) is 3.56. The molecule has 4 heterocycles. The molecule has 2 aliphatic heterocycles. The van der Waals surface area contributed by atoms with Gasteiger partial charge in [0.25, 0.3) is 5.91 Å². The maximum atomic E-state index is 13.3. The first-order chi connectivity index (χ1) is 14.1. The van der Waals surface area contributed by atoms with E-state index in [0.29, 0.717) is 29.6 Å². The molecule has 2 aromatic heterocycles. The Balaban J connectivity index is 1.46. The number of nitrogens with zero attached hydrogens (tertiary/aromatic N) is 4. The number of thioether (sulfide) groups is 1. The number of carbonyl (C=O) groups is 1. The van der Waals surface area contributed by atoms with Crippen molar-refractivity contribution in [2.24, 2.45) is 0 Å². The van der Waals surface area contributed by atoms with E-state index < -0.39 is 0 Å². The van der Waals surface area contributed by atoms with Gasteiger partial charge in [-0.25, -0.2) is 0 Å². The fraction of sp³-hybridized carbons (Fsp3) is 0.350. The number of halogens is 1. The van der Waals surface area contributed by atoms with Crippen LogP contribution in [0.1, 0.15) is 29.2 Å². The highest BCUT2D eigenvalue weighted by atomic mass is 79.9. The SMILES string of the molecule is O=C1C(C(c2ccc(Br)cc2)N2CCC(O)CC2)Sc2nc(-c3ccco3)nn21. The van der Waals surface area contributed by atoms with Crippen LogP contribution in [0.25, 0.3) is 11.6 Å². The number of rotatable bonds is 4. The molecule has 0 radical (unpaired) electrons. The van der Waals surface area contributed by atoms with Gasteiger partial charge in [-0.3, -0.25) is 9.69 Å². The van der Waals surface area contributed by atoms with Crippen molar-refractivity contribution in [3.05, 3.63) is 52.7 Å². The summed E-state index contributed by atoms with van der Waals surface area (Å²) in [5.74, 6) is 0.895. The minimum absolute atomic E-state index is 0.0747. The number of benzene rings is 1. The molecule has 1 fully saturated rings. The summed E-state index contributed by atoms with van der Waals surface area (Å²) >= 11 is 4.93. The fourth-order valence-electron chi connectivity index (χ4n) is 3.91. The quantitative estimate of drug-likeness (QED) is 0.617. The minimum atomic E-state index is -0.341. The monoisotopic (exact) mass is 474 g/mol. The summed E-state index contributed by atoms with van der Waals surface area (Å²) in [7, 11) is 0. The molecule has 1 N–H and O–H groups in total. The van der Waals surface area contributed by atoms with Crippen LogP contribution in [0, 0.1) is 0 Å². The molecular weight excluding hydrogens is 456 g/mol. The highest BCUT2D eigenvalue weighted by Crippen LogP contribution is 2.42. The summed E-state index contributed by atoms with van der Waals surface area (Å²) < 4.78 is 7.75. The van der Waals surface area contributed by atoms with Crippen molar-refractivity contribution in [2.75, 3.05) is 13.1 Å². The molecule has 5 rings (SSSR count). The lowest BCUT2D eigenvalue weighted by Gasteiger charge is -2.38. The summed E-state index contributed by atoms with van der Waals surface area (Å²) in [5.41, 5.74) is 1.08. The van der Waals surface area contributed by atoms with Crippen molar-refractivity contribution < 1.29 is 14.3 Å². The first-order valence-corrected chi connectivity index (χ1v) is 11.2. The number of furan rings is 1. The second-order valence-corrected chi connectivity index (χ2v) is 9.27. The van der Waals surface area contributed by atoms with Gasteiger partial charge in [0.2, 0.25) is 5.82 Å². The summed E-state index contributed by atoms with van der Waals surface area (Å²) in [6.07, 6.45) is 2.72. The molecule has 0 aliphatic carbocycles. The van der Waals surface area contributed by atoms with E-state index in [4.69, 9.17) is 4.42 Å². The van der Waals surface area contributed by atoms with Gasteiger partial charge >= 0.3 is 0 Å². The van der Waals surface area contributed by atoms with Crippen LogP contribution in [0.4, 0.5) is 0 Å². The molecule has 0 spiro atoms. The van der Waals surface area contributed by atoms with Gasteiger partial charge in [-0.05, 0) is 42.7 Å². The molecule has 3 aromatic rings. The normalized spacial score (nSPS) is 21.4. The number of hydrogen-bond donors (Lipinski definition) is 1. The zero-order valence-electron chi connectivity index (χ0n) is 15.4. The Hall–Kier alpha value is -1.94. The topological polar surface area (TPSA) is 84.4 Å². The predicted molar refractivity (Wildman–Crippen MR) is 112 cm³/mol. The summed E-state index contributed by atoms with van der Waals surface area (Å²) in [6.45, 7) is 1.50. The third-order valence-corrected chi connectivity index (χ3v) is 7.11. The lowest BCUT2D eigenvalue weighted by molar-refractivity contribution is 0.0552. The van der Waals surface area contributed by atoms with E-state index in [9.17, 15) is 9.90 Å². The van der Waals surface area contributed by atoms with Gasteiger partial charge in [0, 0.05) is 17.6 Å². The fourth-order valence-corrected chi connectivity index (χ4v) is 5.43. The van der Waals surface area contributed by atoms with Crippen molar-refractivity contribution in [1.29, 1.82) is 0 Å². The van der Waals surface area contributed by atoms with Gasteiger partial charge in [0.1, 0.15) is 5.25 Å². The van der Waals surface area contributed by atoms with Crippen LogP contribution in [-0.4, -0.2) is 55.1 Å². The molecule has 0 saturated carbocycles. The third-order valence-electron chi connectivity index (χ3n) is 5.39. The zero-order valence-corrected chi connectivity index (χ0v) is 17.8. The largest absolute Gasteiger partial charge is 0.461 e.